The largest absolute Gasteiger partial charge is 0.504 e. The van der Waals surface area contributed by atoms with Crippen LogP contribution < -0.4 is 4.74 Å². The normalized spacial score (nSPS) is 16.8. The van der Waals surface area contributed by atoms with Crippen LogP contribution in [0, 0.1) is 0 Å². The average Bonchev–Trinajstić information content (AvgIpc) is 3.03. The Morgan fingerprint density at radius 3 is 2.55 bits per heavy atom. The second kappa shape index (κ2) is 9.40. The van der Waals surface area contributed by atoms with Gasteiger partial charge in [0.05, 0.1) is 16.9 Å². The summed E-state index contributed by atoms with van der Waals surface area (Å²) in [5.41, 5.74) is 1.63. The molecule has 0 unspecified atom stereocenters. The maximum atomic E-state index is 12.9. The number of aryl methyl sites for hydroxylation is 1. The number of rotatable bonds is 7. The SMILES string of the molecule is C=CCN1C(=O)/C(=C/c2ccc(O)c(OC)c2)SC1=NS(=O)(=O)c1ccc(CC)cc1. The number of phenols is 1. The molecule has 0 aromatic heterocycles. The van der Waals surface area contributed by atoms with Crippen LogP contribution in [-0.2, 0) is 21.2 Å². The van der Waals surface area contributed by atoms with Gasteiger partial charge in [-0.15, -0.1) is 11.0 Å². The van der Waals surface area contributed by atoms with Crippen molar-refractivity contribution in [3.8, 4) is 11.5 Å². The topological polar surface area (TPSA) is 96.3 Å². The number of carbonyl (C=O) groups excluding carboxylic acids is 1. The lowest BCUT2D eigenvalue weighted by atomic mass is 10.2. The Hall–Kier alpha value is -3.04. The smallest absolute Gasteiger partial charge is 0.284 e. The van der Waals surface area contributed by atoms with E-state index >= 15 is 0 Å². The van der Waals surface area contributed by atoms with E-state index in [4.69, 9.17) is 4.74 Å². The van der Waals surface area contributed by atoms with E-state index in [2.05, 4.69) is 11.0 Å². The van der Waals surface area contributed by atoms with E-state index in [1.54, 1.807) is 30.3 Å². The first-order valence-corrected chi connectivity index (χ1v) is 11.7. The predicted octanol–water partition coefficient (Wildman–Crippen LogP) is 3.81. The van der Waals surface area contributed by atoms with Gasteiger partial charge < -0.3 is 9.84 Å². The van der Waals surface area contributed by atoms with Crippen molar-refractivity contribution in [2.24, 2.45) is 4.40 Å². The summed E-state index contributed by atoms with van der Waals surface area (Å²) in [5, 5.41) is 9.80. The second-order valence-electron chi connectivity index (χ2n) is 6.59. The number of amidine groups is 1. The first-order valence-electron chi connectivity index (χ1n) is 9.42. The number of hydrogen-bond acceptors (Lipinski definition) is 6. The van der Waals surface area contributed by atoms with Gasteiger partial charge in [-0.1, -0.05) is 31.2 Å². The summed E-state index contributed by atoms with van der Waals surface area (Å²) in [6.07, 6.45) is 3.89. The van der Waals surface area contributed by atoms with Crippen molar-refractivity contribution in [2.75, 3.05) is 13.7 Å². The zero-order chi connectivity index (χ0) is 22.6. The molecular weight excluding hydrogens is 436 g/mol. The summed E-state index contributed by atoms with van der Waals surface area (Å²) >= 11 is 0.966. The summed E-state index contributed by atoms with van der Waals surface area (Å²) in [6.45, 7) is 5.73. The van der Waals surface area contributed by atoms with Crippen molar-refractivity contribution in [1.29, 1.82) is 0 Å². The number of aromatic hydroxyl groups is 1. The van der Waals surface area contributed by atoms with Crippen LogP contribution in [0.25, 0.3) is 6.08 Å². The third-order valence-electron chi connectivity index (χ3n) is 4.53. The maximum absolute atomic E-state index is 12.9. The van der Waals surface area contributed by atoms with E-state index in [9.17, 15) is 18.3 Å². The molecule has 1 aliphatic rings. The molecule has 3 rings (SSSR count). The highest BCUT2D eigenvalue weighted by molar-refractivity contribution is 8.19. The van der Waals surface area contributed by atoms with Gasteiger partial charge >= 0.3 is 0 Å². The summed E-state index contributed by atoms with van der Waals surface area (Å²) in [6, 6.07) is 11.2. The Bertz CT molecular complexity index is 1170. The van der Waals surface area contributed by atoms with Crippen LogP contribution in [0.1, 0.15) is 18.1 Å². The van der Waals surface area contributed by atoms with E-state index < -0.39 is 10.0 Å². The van der Waals surface area contributed by atoms with Gasteiger partial charge in [0.1, 0.15) is 0 Å². The predicted molar refractivity (Wildman–Crippen MR) is 123 cm³/mol. The summed E-state index contributed by atoms with van der Waals surface area (Å²) in [5.74, 6) is -0.141. The number of phenolic OH excluding ortho intramolecular Hbond substituents is 1. The number of sulfonamides is 1. The third kappa shape index (κ3) is 5.00. The highest BCUT2D eigenvalue weighted by Crippen LogP contribution is 2.35. The molecule has 1 saturated heterocycles. The van der Waals surface area contributed by atoms with Gasteiger partial charge in [0.25, 0.3) is 15.9 Å². The van der Waals surface area contributed by atoms with Crippen LogP contribution in [-0.4, -0.2) is 43.2 Å². The van der Waals surface area contributed by atoms with E-state index in [-0.39, 0.29) is 34.0 Å². The molecule has 31 heavy (non-hydrogen) atoms. The number of nitrogens with zero attached hydrogens (tertiary/aromatic N) is 2. The van der Waals surface area contributed by atoms with Gasteiger partial charge in [-0.3, -0.25) is 9.69 Å². The van der Waals surface area contributed by atoms with Crippen LogP contribution in [0.3, 0.4) is 0 Å². The Kier molecular flexibility index (Phi) is 6.87. The van der Waals surface area contributed by atoms with Crippen molar-refractivity contribution in [1.82, 2.24) is 4.90 Å². The maximum Gasteiger partial charge on any atom is 0.284 e. The molecule has 9 heteroatoms. The van der Waals surface area contributed by atoms with Gasteiger partial charge in [0, 0.05) is 6.54 Å². The average molecular weight is 459 g/mol. The van der Waals surface area contributed by atoms with Crippen molar-refractivity contribution in [3.05, 3.63) is 71.2 Å². The van der Waals surface area contributed by atoms with E-state index in [0.29, 0.717) is 10.5 Å². The van der Waals surface area contributed by atoms with Crippen molar-refractivity contribution in [3.63, 3.8) is 0 Å². The second-order valence-corrected chi connectivity index (χ2v) is 9.21. The zero-order valence-electron chi connectivity index (χ0n) is 17.1. The standard InChI is InChI=1S/C22H22N2O5S2/c1-4-12-24-21(26)20(14-16-8-11-18(25)19(13-16)29-3)30-22(24)23-31(27,28)17-9-6-15(5-2)7-10-17/h4,6-11,13-14,25H,1,5,12H2,2-3H3/b20-14-,23-22?. The quantitative estimate of drug-likeness (QED) is 0.501. The highest BCUT2D eigenvalue weighted by Gasteiger charge is 2.34. The Labute approximate surface area is 185 Å². The van der Waals surface area contributed by atoms with E-state index in [1.165, 1.54) is 36.3 Å². The molecule has 7 nitrogen and oxygen atoms in total. The number of thioether (sulfide) groups is 1. The van der Waals surface area contributed by atoms with Crippen LogP contribution in [0.2, 0.25) is 0 Å². The number of ether oxygens (including phenoxy) is 1. The molecule has 2 aromatic rings. The van der Waals surface area contributed by atoms with Crippen molar-refractivity contribution in [2.45, 2.75) is 18.2 Å². The summed E-state index contributed by atoms with van der Waals surface area (Å²) in [7, 11) is -2.57. The summed E-state index contributed by atoms with van der Waals surface area (Å²) < 4.78 is 34.6. The molecule has 0 aliphatic carbocycles. The lowest BCUT2D eigenvalue weighted by molar-refractivity contribution is -0.121. The lowest BCUT2D eigenvalue weighted by Gasteiger charge is -2.12. The number of amides is 1. The number of hydrogen-bond donors (Lipinski definition) is 1. The number of methoxy groups -OCH3 is 1. The Morgan fingerprint density at radius 2 is 1.94 bits per heavy atom. The van der Waals surface area contributed by atoms with Crippen molar-refractivity contribution < 1.29 is 23.1 Å². The molecular formula is C22H22N2O5S2. The Balaban J connectivity index is 1.98. The fourth-order valence-electron chi connectivity index (χ4n) is 2.85. The molecule has 0 saturated carbocycles. The molecule has 0 spiro atoms. The third-order valence-corrected chi connectivity index (χ3v) is 6.93. The molecule has 1 N–H and O–H groups in total. The Morgan fingerprint density at radius 1 is 1.23 bits per heavy atom. The van der Waals surface area contributed by atoms with Crippen LogP contribution in [0.5, 0.6) is 11.5 Å². The van der Waals surface area contributed by atoms with Crippen molar-refractivity contribution >= 4 is 38.9 Å². The molecule has 0 radical (unpaired) electrons. The molecule has 0 bridgehead atoms. The first-order chi connectivity index (χ1) is 14.8. The molecule has 162 valence electrons. The van der Waals surface area contributed by atoms with Crippen LogP contribution in [0.15, 0.2) is 69.3 Å². The van der Waals surface area contributed by atoms with Gasteiger partial charge in [0.15, 0.2) is 16.7 Å². The molecule has 0 atom stereocenters. The zero-order valence-corrected chi connectivity index (χ0v) is 18.7. The molecule has 1 heterocycles. The molecule has 1 fully saturated rings. The monoisotopic (exact) mass is 458 g/mol. The van der Waals surface area contributed by atoms with E-state index in [0.717, 1.165) is 23.7 Å². The molecule has 1 aliphatic heterocycles. The lowest BCUT2D eigenvalue weighted by Crippen LogP contribution is -2.29. The van der Waals surface area contributed by atoms with E-state index in [1.807, 2.05) is 6.92 Å². The van der Waals surface area contributed by atoms with Crippen LogP contribution >= 0.6 is 11.8 Å². The highest BCUT2D eigenvalue weighted by atomic mass is 32.2. The fraction of sp³-hybridized carbons (Fsp3) is 0.182. The van der Waals surface area contributed by atoms with Gasteiger partial charge in [0.2, 0.25) is 0 Å². The fourth-order valence-corrected chi connectivity index (χ4v) is 5.04. The number of benzene rings is 2. The minimum absolute atomic E-state index is 0.0224. The van der Waals surface area contributed by atoms with Crippen LogP contribution in [0.4, 0.5) is 0 Å². The molecule has 2 aromatic carbocycles. The molecule has 1 amide bonds. The number of carbonyl (C=O) groups is 1. The van der Waals surface area contributed by atoms with Gasteiger partial charge in [-0.05, 0) is 59.7 Å². The van der Waals surface area contributed by atoms with Gasteiger partial charge in [-0.25, -0.2) is 0 Å². The minimum atomic E-state index is -4.00. The first kappa shape index (κ1) is 22.6. The minimum Gasteiger partial charge on any atom is -0.504 e. The van der Waals surface area contributed by atoms with Gasteiger partial charge in [-0.2, -0.15) is 8.42 Å². The summed E-state index contributed by atoms with van der Waals surface area (Å²) in [4.78, 5) is 14.5.